The van der Waals surface area contributed by atoms with Gasteiger partial charge in [0.2, 0.25) is 0 Å². The zero-order valence-corrected chi connectivity index (χ0v) is 13.4. The van der Waals surface area contributed by atoms with Crippen molar-refractivity contribution in [3.63, 3.8) is 0 Å². The summed E-state index contributed by atoms with van der Waals surface area (Å²) in [5.74, 6) is 0. The lowest BCUT2D eigenvalue weighted by Crippen LogP contribution is -2.40. The van der Waals surface area contributed by atoms with Crippen LogP contribution in [-0.2, 0) is 23.8 Å². The topological polar surface area (TPSA) is 82.1 Å². The first-order chi connectivity index (χ1) is 9.89. The van der Waals surface area contributed by atoms with E-state index in [2.05, 4.69) is 0 Å². The Morgan fingerprint density at radius 2 is 1.57 bits per heavy atom. The lowest BCUT2D eigenvalue weighted by Gasteiger charge is -2.29. The number of rotatable bonds is 9. The fourth-order valence-electron chi connectivity index (χ4n) is 1.85. The van der Waals surface area contributed by atoms with Crippen LogP contribution >= 0.6 is 0 Å². The van der Waals surface area contributed by atoms with E-state index in [1.165, 1.54) is 26.4 Å². The largest absolute Gasteiger partial charge is 0.396 e. The number of benzene rings is 1. The minimum absolute atomic E-state index is 0.0785. The van der Waals surface area contributed by atoms with Gasteiger partial charge in [-0.1, -0.05) is 17.7 Å². The van der Waals surface area contributed by atoms with Crippen molar-refractivity contribution in [3.05, 3.63) is 29.8 Å². The van der Waals surface area contributed by atoms with Gasteiger partial charge in [-0.25, -0.2) is 0 Å². The van der Waals surface area contributed by atoms with Gasteiger partial charge in [0, 0.05) is 14.2 Å². The fourth-order valence-corrected chi connectivity index (χ4v) is 2.86. The maximum Gasteiger partial charge on any atom is 0.296 e. The number of hydrogen-bond acceptors (Lipinski definition) is 6. The Kier molecular flexibility index (Phi) is 6.76. The number of ether oxygens (including phenoxy) is 2. The molecule has 6 nitrogen and oxygen atoms in total. The maximum absolute atomic E-state index is 12.1. The van der Waals surface area contributed by atoms with Gasteiger partial charge in [0.15, 0.2) is 0 Å². The third kappa shape index (κ3) is 5.05. The number of methoxy groups -OCH3 is 2. The zero-order chi connectivity index (χ0) is 15.9. The summed E-state index contributed by atoms with van der Waals surface area (Å²) in [6.45, 7) is 1.59. The Morgan fingerprint density at radius 1 is 1.05 bits per heavy atom. The molecule has 0 radical (unpaired) electrons. The van der Waals surface area contributed by atoms with Crippen LogP contribution in [0.2, 0.25) is 0 Å². The highest BCUT2D eigenvalue weighted by Crippen LogP contribution is 2.22. The van der Waals surface area contributed by atoms with Gasteiger partial charge in [-0.2, -0.15) is 8.42 Å². The standard InChI is InChI=1S/C14H22O6S/c1-12-4-6-13(7-5-12)21(16,17)20-11-14(8-15,9-18-2)10-19-3/h4-7,15H,8-11H2,1-3H3. The van der Waals surface area contributed by atoms with Crippen LogP contribution in [0.4, 0.5) is 0 Å². The first kappa shape index (κ1) is 18.1. The highest BCUT2D eigenvalue weighted by Gasteiger charge is 2.33. The molecule has 0 heterocycles. The molecule has 0 bridgehead atoms. The second kappa shape index (κ2) is 7.86. The smallest absolute Gasteiger partial charge is 0.296 e. The molecule has 1 aromatic rings. The van der Waals surface area contributed by atoms with E-state index in [1.54, 1.807) is 12.1 Å². The van der Waals surface area contributed by atoms with Crippen molar-refractivity contribution in [2.75, 3.05) is 40.6 Å². The Hall–Kier alpha value is -0.990. The van der Waals surface area contributed by atoms with Crippen LogP contribution in [0, 0.1) is 12.3 Å². The minimum atomic E-state index is -3.88. The predicted molar refractivity (Wildman–Crippen MR) is 77.6 cm³/mol. The second-order valence-corrected chi connectivity index (χ2v) is 6.67. The van der Waals surface area contributed by atoms with E-state index >= 15 is 0 Å². The molecular weight excluding hydrogens is 296 g/mol. The van der Waals surface area contributed by atoms with Gasteiger partial charge < -0.3 is 14.6 Å². The summed E-state index contributed by atoms with van der Waals surface area (Å²) in [5, 5.41) is 9.51. The molecule has 0 spiro atoms. The summed E-state index contributed by atoms with van der Waals surface area (Å²) in [6.07, 6.45) is 0. The molecule has 0 aliphatic carbocycles. The molecule has 1 rings (SSSR count). The Labute approximate surface area is 125 Å². The summed E-state index contributed by atoms with van der Waals surface area (Å²) in [4.78, 5) is 0.0785. The number of aliphatic hydroxyl groups is 1. The third-order valence-corrected chi connectivity index (χ3v) is 4.34. The van der Waals surface area contributed by atoms with Crippen LogP contribution in [0.25, 0.3) is 0 Å². The molecule has 0 fully saturated rings. The molecule has 0 aliphatic heterocycles. The molecule has 1 N–H and O–H groups in total. The molecule has 0 atom stereocenters. The summed E-state index contributed by atoms with van der Waals surface area (Å²) in [5.41, 5.74) is 0.0405. The van der Waals surface area contributed by atoms with Gasteiger partial charge in [0.05, 0.1) is 36.7 Å². The predicted octanol–water partition coefficient (Wildman–Crippen LogP) is 0.972. The molecular formula is C14H22O6S. The van der Waals surface area contributed by atoms with Crippen LogP contribution in [0.1, 0.15) is 5.56 Å². The van der Waals surface area contributed by atoms with Crippen molar-refractivity contribution in [1.82, 2.24) is 0 Å². The van der Waals surface area contributed by atoms with Crippen LogP contribution in [0.5, 0.6) is 0 Å². The highest BCUT2D eigenvalue weighted by atomic mass is 32.2. The average Bonchev–Trinajstić information content (AvgIpc) is 2.46. The van der Waals surface area contributed by atoms with Crippen LogP contribution in [-0.4, -0.2) is 54.2 Å². The van der Waals surface area contributed by atoms with Gasteiger partial charge in [-0.05, 0) is 19.1 Å². The molecule has 120 valence electrons. The minimum Gasteiger partial charge on any atom is -0.396 e. The van der Waals surface area contributed by atoms with Crippen molar-refractivity contribution in [2.45, 2.75) is 11.8 Å². The molecule has 0 saturated carbocycles. The monoisotopic (exact) mass is 318 g/mol. The molecule has 0 amide bonds. The first-order valence-corrected chi connectivity index (χ1v) is 7.85. The summed E-state index contributed by atoms with van der Waals surface area (Å²) in [6, 6.07) is 6.36. The van der Waals surface area contributed by atoms with Crippen LogP contribution in [0.15, 0.2) is 29.2 Å². The number of hydrogen-bond donors (Lipinski definition) is 1. The van der Waals surface area contributed by atoms with Crippen molar-refractivity contribution in [1.29, 1.82) is 0 Å². The van der Waals surface area contributed by atoms with Crippen molar-refractivity contribution in [3.8, 4) is 0 Å². The summed E-state index contributed by atoms with van der Waals surface area (Å²) in [7, 11) is -0.946. The summed E-state index contributed by atoms with van der Waals surface area (Å²) >= 11 is 0. The van der Waals surface area contributed by atoms with Gasteiger partial charge >= 0.3 is 0 Å². The van der Waals surface area contributed by atoms with Crippen molar-refractivity contribution < 1.29 is 27.2 Å². The highest BCUT2D eigenvalue weighted by molar-refractivity contribution is 7.86. The lowest BCUT2D eigenvalue weighted by molar-refractivity contribution is -0.0497. The molecule has 7 heteroatoms. The molecule has 0 aliphatic rings. The molecule has 0 aromatic heterocycles. The van der Waals surface area contributed by atoms with E-state index in [1.807, 2.05) is 6.92 Å². The quantitative estimate of drug-likeness (QED) is 0.683. The Morgan fingerprint density at radius 3 is 2.00 bits per heavy atom. The molecule has 0 saturated heterocycles. The van der Waals surface area contributed by atoms with Gasteiger partial charge in [-0.15, -0.1) is 0 Å². The number of aryl methyl sites for hydroxylation is 1. The summed E-state index contributed by atoms with van der Waals surface area (Å²) < 4.78 is 39.4. The third-order valence-electron chi connectivity index (χ3n) is 3.07. The molecule has 1 aromatic carbocycles. The Bertz CT molecular complexity index is 517. The van der Waals surface area contributed by atoms with Gasteiger partial charge in [-0.3, -0.25) is 4.18 Å². The van der Waals surface area contributed by atoms with Gasteiger partial charge in [0.1, 0.15) is 0 Å². The SMILES string of the molecule is COCC(CO)(COC)COS(=O)(=O)c1ccc(C)cc1. The van der Waals surface area contributed by atoms with Crippen molar-refractivity contribution in [2.24, 2.45) is 5.41 Å². The van der Waals surface area contributed by atoms with E-state index in [4.69, 9.17) is 13.7 Å². The molecule has 0 unspecified atom stereocenters. The zero-order valence-electron chi connectivity index (χ0n) is 12.5. The van der Waals surface area contributed by atoms with Crippen LogP contribution in [0.3, 0.4) is 0 Å². The van der Waals surface area contributed by atoms with Crippen LogP contribution < -0.4 is 0 Å². The van der Waals surface area contributed by atoms with E-state index in [0.29, 0.717) is 0 Å². The van der Waals surface area contributed by atoms with Crippen molar-refractivity contribution >= 4 is 10.1 Å². The maximum atomic E-state index is 12.1. The van der Waals surface area contributed by atoms with E-state index in [9.17, 15) is 13.5 Å². The van der Waals surface area contributed by atoms with E-state index in [-0.39, 0.29) is 31.3 Å². The Balaban J connectivity index is 2.85. The first-order valence-electron chi connectivity index (χ1n) is 6.44. The van der Waals surface area contributed by atoms with E-state index < -0.39 is 15.5 Å². The van der Waals surface area contributed by atoms with E-state index in [0.717, 1.165) is 5.56 Å². The lowest BCUT2D eigenvalue weighted by atomic mass is 9.92. The fraction of sp³-hybridized carbons (Fsp3) is 0.571. The molecule has 21 heavy (non-hydrogen) atoms. The number of aliphatic hydroxyl groups excluding tert-OH is 1. The van der Waals surface area contributed by atoms with Gasteiger partial charge in [0.25, 0.3) is 10.1 Å². The average molecular weight is 318 g/mol. The second-order valence-electron chi connectivity index (χ2n) is 5.05. The normalized spacial score (nSPS) is 12.6.